The van der Waals surface area contributed by atoms with Crippen LogP contribution in [0.3, 0.4) is 0 Å². The first-order chi connectivity index (χ1) is 18.0. The smallest absolute Gasteiger partial charge is 0.303 e. The van der Waals surface area contributed by atoms with Gasteiger partial charge in [-0.15, -0.1) is 0 Å². The van der Waals surface area contributed by atoms with Gasteiger partial charge in [-0.2, -0.15) is 0 Å². The highest BCUT2D eigenvalue weighted by Crippen LogP contribution is 2.21. The van der Waals surface area contributed by atoms with Crippen LogP contribution in [-0.2, 0) is 25.7 Å². The van der Waals surface area contributed by atoms with Crippen molar-refractivity contribution >= 4 is 30.0 Å². The number of carboxylic acids is 1. The van der Waals surface area contributed by atoms with E-state index in [2.05, 4.69) is 36.2 Å². The molecule has 0 radical (unpaired) electrons. The number of carbonyl (C=O) groups is 1. The van der Waals surface area contributed by atoms with Crippen LogP contribution in [0.1, 0.15) is 24.0 Å². The molecule has 1 unspecified atom stereocenters. The number of ether oxygens (including phenoxy) is 1. The van der Waals surface area contributed by atoms with Crippen LogP contribution >= 0.6 is 0 Å². The first kappa shape index (κ1) is 29.0. The van der Waals surface area contributed by atoms with Crippen molar-refractivity contribution in [2.24, 2.45) is 0 Å². The third kappa shape index (κ3) is 9.71. The fraction of sp³-hybridized carbons (Fsp3) is 0.276. The summed E-state index contributed by atoms with van der Waals surface area (Å²) in [7, 11) is -5.62. The first-order valence-corrected chi connectivity index (χ1v) is 17.2. The van der Waals surface area contributed by atoms with Crippen LogP contribution in [0, 0.1) is 11.8 Å². The average molecular weight is 552 g/mol. The molecule has 9 heteroatoms. The fourth-order valence-corrected chi connectivity index (χ4v) is 5.69. The molecule has 3 rings (SSSR count). The van der Waals surface area contributed by atoms with Gasteiger partial charge >= 0.3 is 5.97 Å². The lowest BCUT2D eigenvalue weighted by Crippen LogP contribution is -2.32. The summed E-state index contributed by atoms with van der Waals surface area (Å²) < 4.78 is 40.2. The van der Waals surface area contributed by atoms with Gasteiger partial charge in [-0.1, -0.05) is 54.3 Å². The lowest BCUT2D eigenvalue weighted by Gasteiger charge is -2.23. The Kier molecular flexibility index (Phi) is 10.1. The number of anilines is 1. The molecule has 7 nitrogen and oxygen atoms in total. The highest BCUT2D eigenvalue weighted by Gasteiger charge is 2.20. The minimum atomic E-state index is -3.70. The molecular weight excluding hydrogens is 518 g/mol. The Balaban J connectivity index is 1.70. The largest absolute Gasteiger partial charge is 0.493 e. The maximum atomic E-state index is 12.7. The number of carboxylic acid groups (broad SMARTS) is 1. The summed E-state index contributed by atoms with van der Waals surface area (Å²) in [5, 5.41) is 9.00. The summed E-state index contributed by atoms with van der Waals surface area (Å²) in [6, 6.07) is 22.5. The molecule has 0 spiro atoms. The number of aryl methyl sites for hydroxylation is 1. The lowest BCUT2D eigenvalue weighted by molar-refractivity contribution is -0.136. The summed E-state index contributed by atoms with van der Waals surface area (Å²) in [5.41, 5.74) is 1.92. The van der Waals surface area contributed by atoms with Crippen molar-refractivity contribution in [2.75, 3.05) is 11.3 Å². The maximum Gasteiger partial charge on any atom is 0.303 e. The van der Waals surface area contributed by atoms with E-state index < -0.39 is 24.3 Å². The molecule has 3 aromatic carbocycles. The first-order valence-electron chi connectivity index (χ1n) is 12.3. The normalized spacial score (nSPS) is 12.2. The van der Waals surface area contributed by atoms with E-state index >= 15 is 0 Å². The summed E-state index contributed by atoms with van der Waals surface area (Å²) >= 11 is 0. The van der Waals surface area contributed by atoms with E-state index in [1.165, 1.54) is 12.1 Å². The van der Waals surface area contributed by atoms with Crippen LogP contribution in [0.15, 0.2) is 83.8 Å². The predicted octanol–water partition coefficient (Wildman–Crippen LogP) is 5.55. The molecule has 0 saturated heterocycles. The van der Waals surface area contributed by atoms with Gasteiger partial charge in [-0.3, -0.25) is 9.52 Å². The number of benzene rings is 3. The van der Waals surface area contributed by atoms with Gasteiger partial charge in [0.2, 0.25) is 0 Å². The number of aliphatic carboxylic acids is 1. The lowest BCUT2D eigenvalue weighted by atomic mass is 10.1. The number of hydrogen-bond acceptors (Lipinski definition) is 5. The zero-order valence-electron chi connectivity index (χ0n) is 21.8. The standard InChI is InChI=1S/C29H33NO6SSi/c1-38(2,3)36-26(20-21-35-28-15-8-7-11-24(28)17-19-29(31)32)18-16-23-10-9-12-25(22-23)30-37(33,34)27-13-5-4-6-14-27/h4-15,22,26,30H,17,19-21H2,1-3H3,(H,31,32). The maximum absolute atomic E-state index is 12.7. The zero-order valence-corrected chi connectivity index (χ0v) is 23.6. The van der Waals surface area contributed by atoms with Crippen LogP contribution in [0.2, 0.25) is 19.6 Å². The predicted molar refractivity (Wildman–Crippen MR) is 151 cm³/mol. The monoisotopic (exact) mass is 551 g/mol. The van der Waals surface area contributed by atoms with E-state index in [1.807, 2.05) is 30.3 Å². The Labute approximate surface area is 226 Å². The molecule has 0 heterocycles. The van der Waals surface area contributed by atoms with Gasteiger partial charge in [0, 0.05) is 18.4 Å². The van der Waals surface area contributed by atoms with Crippen LogP contribution in [0.25, 0.3) is 0 Å². The van der Waals surface area contributed by atoms with Crippen molar-refractivity contribution < 1.29 is 27.5 Å². The summed E-state index contributed by atoms with van der Waals surface area (Å²) in [5.74, 6) is 6.11. The third-order valence-electron chi connectivity index (χ3n) is 5.26. The average Bonchev–Trinajstić information content (AvgIpc) is 2.86. The molecule has 0 aliphatic carbocycles. The molecule has 38 heavy (non-hydrogen) atoms. The Morgan fingerprint density at radius 3 is 2.42 bits per heavy atom. The van der Waals surface area contributed by atoms with Crippen molar-refractivity contribution in [3.05, 3.63) is 90.0 Å². The molecule has 200 valence electrons. The molecular formula is C29H33NO6SSi. The number of para-hydroxylation sites is 1. The van der Waals surface area contributed by atoms with Gasteiger partial charge in [-0.05, 0) is 68.0 Å². The second-order valence-corrected chi connectivity index (χ2v) is 15.8. The van der Waals surface area contributed by atoms with Gasteiger partial charge in [0.25, 0.3) is 10.0 Å². The van der Waals surface area contributed by atoms with Gasteiger partial charge < -0.3 is 14.3 Å². The summed E-state index contributed by atoms with van der Waals surface area (Å²) in [6.07, 6.45) is 0.570. The molecule has 2 N–H and O–H groups in total. The van der Waals surface area contributed by atoms with Crippen LogP contribution in [0.5, 0.6) is 5.75 Å². The molecule has 0 bridgehead atoms. The Morgan fingerprint density at radius 2 is 1.71 bits per heavy atom. The van der Waals surface area contributed by atoms with E-state index in [-0.39, 0.29) is 17.4 Å². The van der Waals surface area contributed by atoms with Gasteiger partial charge in [0.1, 0.15) is 11.9 Å². The molecule has 0 aliphatic rings. The van der Waals surface area contributed by atoms with E-state index in [1.54, 1.807) is 36.4 Å². The van der Waals surface area contributed by atoms with Crippen LogP contribution < -0.4 is 9.46 Å². The third-order valence-corrected chi connectivity index (χ3v) is 7.65. The van der Waals surface area contributed by atoms with Crippen molar-refractivity contribution in [2.45, 2.75) is 49.9 Å². The SMILES string of the molecule is C[Si](C)(C)OC(C#Cc1cccc(NS(=O)(=O)c2ccccc2)c1)CCOc1ccccc1CCC(=O)O. The Bertz CT molecular complexity index is 1390. The quantitative estimate of drug-likeness (QED) is 0.226. The molecule has 0 saturated carbocycles. The number of hydrogen-bond donors (Lipinski definition) is 2. The molecule has 1 atom stereocenters. The van der Waals surface area contributed by atoms with E-state index in [0.717, 1.165) is 5.56 Å². The van der Waals surface area contributed by atoms with E-state index in [9.17, 15) is 13.2 Å². The molecule has 0 aromatic heterocycles. The number of sulfonamides is 1. The Morgan fingerprint density at radius 1 is 1.00 bits per heavy atom. The minimum Gasteiger partial charge on any atom is -0.493 e. The zero-order chi connectivity index (χ0) is 27.6. The topological polar surface area (TPSA) is 102 Å². The highest BCUT2D eigenvalue weighted by atomic mass is 32.2. The van der Waals surface area contributed by atoms with Crippen molar-refractivity contribution in [3.63, 3.8) is 0 Å². The highest BCUT2D eigenvalue weighted by molar-refractivity contribution is 7.92. The number of nitrogens with one attached hydrogen (secondary N) is 1. The fourth-order valence-electron chi connectivity index (χ4n) is 3.59. The summed E-state index contributed by atoms with van der Waals surface area (Å²) in [6.45, 7) is 6.61. The van der Waals surface area contributed by atoms with Gasteiger partial charge in [0.05, 0.1) is 17.2 Å². The molecule has 0 amide bonds. The minimum absolute atomic E-state index is 0.0355. The van der Waals surface area contributed by atoms with Crippen molar-refractivity contribution in [1.29, 1.82) is 0 Å². The van der Waals surface area contributed by atoms with Gasteiger partial charge in [0.15, 0.2) is 8.32 Å². The van der Waals surface area contributed by atoms with E-state index in [0.29, 0.717) is 36.4 Å². The van der Waals surface area contributed by atoms with Crippen molar-refractivity contribution in [3.8, 4) is 17.6 Å². The van der Waals surface area contributed by atoms with Crippen LogP contribution in [-0.4, -0.2) is 40.5 Å². The molecule has 0 fully saturated rings. The second-order valence-electron chi connectivity index (χ2n) is 9.63. The van der Waals surface area contributed by atoms with E-state index in [4.69, 9.17) is 14.3 Å². The van der Waals surface area contributed by atoms with Gasteiger partial charge in [-0.25, -0.2) is 8.42 Å². The molecule has 3 aromatic rings. The second kappa shape index (κ2) is 13.3. The van der Waals surface area contributed by atoms with Crippen LogP contribution in [0.4, 0.5) is 5.69 Å². The summed E-state index contributed by atoms with van der Waals surface area (Å²) in [4.78, 5) is 11.1. The number of rotatable bonds is 12. The molecule has 0 aliphatic heterocycles. The van der Waals surface area contributed by atoms with Crippen molar-refractivity contribution in [1.82, 2.24) is 0 Å². The Hall–Kier alpha value is -3.58.